The van der Waals surface area contributed by atoms with Gasteiger partial charge in [0.25, 0.3) is 0 Å². The predicted octanol–water partition coefficient (Wildman–Crippen LogP) is 4.71. The number of ether oxygens (including phenoxy) is 2. The lowest BCUT2D eigenvalue weighted by Crippen LogP contribution is -2.06. The average Bonchev–Trinajstić information content (AvgIpc) is 2.45. The van der Waals surface area contributed by atoms with Crippen molar-refractivity contribution in [3.8, 4) is 33.8 Å². The second-order valence-corrected chi connectivity index (χ2v) is 5.60. The molecule has 3 nitrogen and oxygen atoms in total. The fourth-order valence-corrected chi connectivity index (χ4v) is 3.34. The number of carbonyl (C=O) groups excluding carboxylic acids is 1. The fourth-order valence-electron chi connectivity index (χ4n) is 2.71. The van der Waals surface area contributed by atoms with E-state index in [1.807, 2.05) is 32.0 Å². The summed E-state index contributed by atoms with van der Waals surface area (Å²) in [6.45, 7) is 5.08. The van der Waals surface area contributed by atoms with Crippen LogP contribution in [0.3, 0.4) is 0 Å². The van der Waals surface area contributed by atoms with E-state index >= 15 is 0 Å². The predicted molar refractivity (Wildman–Crippen MR) is 86.3 cm³/mol. The molecule has 0 bridgehead atoms. The smallest absolute Gasteiger partial charge is 0.150 e. The van der Waals surface area contributed by atoms with Crippen LogP contribution in [0, 0.1) is 0 Å². The largest absolute Gasteiger partial charge is 0.494 e. The van der Waals surface area contributed by atoms with E-state index in [4.69, 9.17) is 9.47 Å². The van der Waals surface area contributed by atoms with E-state index in [0.29, 0.717) is 18.8 Å². The molecule has 4 heteroatoms. The lowest BCUT2D eigenvalue weighted by atomic mass is 9.78. The van der Waals surface area contributed by atoms with Crippen molar-refractivity contribution in [1.82, 2.24) is 0 Å². The molecule has 3 rings (SSSR count). The van der Waals surface area contributed by atoms with Gasteiger partial charge in [0.05, 0.1) is 13.2 Å². The molecule has 0 heterocycles. The molecule has 0 saturated carbocycles. The average molecular weight is 347 g/mol. The summed E-state index contributed by atoms with van der Waals surface area (Å²) in [7, 11) is 0. The molecule has 0 amide bonds. The molecule has 0 N–H and O–H groups in total. The molecule has 21 heavy (non-hydrogen) atoms. The molecule has 0 atom stereocenters. The van der Waals surface area contributed by atoms with Gasteiger partial charge in [-0.25, -0.2) is 0 Å². The Labute approximate surface area is 132 Å². The third-order valence-corrected chi connectivity index (χ3v) is 4.12. The number of aldehydes is 1. The summed E-state index contributed by atoms with van der Waals surface area (Å²) < 4.78 is 12.1. The number of fused-ring (bicyclic) bond motifs is 4. The molecule has 1 aliphatic carbocycles. The Balaban J connectivity index is 2.14. The van der Waals surface area contributed by atoms with Crippen LogP contribution in [0.15, 0.2) is 28.7 Å². The quantitative estimate of drug-likeness (QED) is 0.627. The van der Waals surface area contributed by atoms with Crippen LogP contribution in [0.2, 0.25) is 0 Å². The molecule has 0 unspecified atom stereocenters. The van der Waals surface area contributed by atoms with Crippen LogP contribution in [0.4, 0.5) is 0 Å². The van der Waals surface area contributed by atoms with E-state index in [0.717, 1.165) is 44.5 Å². The summed E-state index contributed by atoms with van der Waals surface area (Å²) in [6.07, 6.45) is 0.882. The second kappa shape index (κ2) is 5.53. The van der Waals surface area contributed by atoms with Crippen LogP contribution in [0.1, 0.15) is 24.2 Å². The minimum atomic E-state index is 0.576. The van der Waals surface area contributed by atoms with Gasteiger partial charge in [0.2, 0.25) is 0 Å². The van der Waals surface area contributed by atoms with E-state index < -0.39 is 0 Å². The SMILES string of the molecule is CCOc1cc(Br)c2c(c1)-c1cc(OCC)cc(C=O)c1-2. The zero-order chi connectivity index (χ0) is 15.0. The third kappa shape index (κ3) is 2.23. The minimum Gasteiger partial charge on any atom is -0.494 e. The summed E-state index contributed by atoms with van der Waals surface area (Å²) in [6, 6.07) is 7.73. The van der Waals surface area contributed by atoms with Crippen LogP contribution >= 0.6 is 15.9 Å². The van der Waals surface area contributed by atoms with Crippen molar-refractivity contribution < 1.29 is 14.3 Å². The summed E-state index contributed by atoms with van der Waals surface area (Å²) in [5.41, 5.74) is 4.85. The maximum atomic E-state index is 11.4. The lowest BCUT2D eigenvalue weighted by Gasteiger charge is -2.28. The molecule has 108 valence electrons. The van der Waals surface area contributed by atoms with E-state index in [-0.39, 0.29) is 0 Å². The highest BCUT2D eigenvalue weighted by Gasteiger charge is 2.29. The van der Waals surface area contributed by atoms with E-state index in [2.05, 4.69) is 15.9 Å². The number of hydrogen-bond acceptors (Lipinski definition) is 3. The van der Waals surface area contributed by atoms with Crippen LogP contribution in [-0.2, 0) is 0 Å². The Hall–Kier alpha value is -1.81. The van der Waals surface area contributed by atoms with Gasteiger partial charge >= 0.3 is 0 Å². The fraction of sp³-hybridized carbons (Fsp3) is 0.235. The first-order valence-corrected chi connectivity index (χ1v) is 7.72. The molecular weight excluding hydrogens is 332 g/mol. The standard InChI is InChI=1S/C17H15BrO3/c1-3-20-11-5-10(9-19)16-13(6-11)14-7-12(21-4-2)8-15(18)17(14)16/h5-9H,3-4H2,1-2H3. The van der Waals surface area contributed by atoms with Gasteiger partial charge in [0.1, 0.15) is 11.5 Å². The van der Waals surface area contributed by atoms with Gasteiger partial charge in [0, 0.05) is 21.2 Å². The Morgan fingerprint density at radius 3 is 2.10 bits per heavy atom. The van der Waals surface area contributed by atoms with Crippen LogP contribution in [0.5, 0.6) is 11.5 Å². The molecular formula is C17H15BrO3. The highest BCUT2D eigenvalue weighted by Crippen LogP contribution is 2.54. The number of hydrogen-bond donors (Lipinski definition) is 0. The van der Waals surface area contributed by atoms with Gasteiger partial charge in [-0.15, -0.1) is 0 Å². The van der Waals surface area contributed by atoms with Crippen LogP contribution < -0.4 is 9.47 Å². The van der Waals surface area contributed by atoms with Crippen LogP contribution in [-0.4, -0.2) is 19.5 Å². The molecule has 0 aromatic heterocycles. The first kappa shape index (κ1) is 14.1. The third-order valence-electron chi connectivity index (χ3n) is 3.50. The Kier molecular flexibility index (Phi) is 3.72. The van der Waals surface area contributed by atoms with Gasteiger partial charge in [-0.1, -0.05) is 0 Å². The van der Waals surface area contributed by atoms with Gasteiger partial charge < -0.3 is 9.47 Å². The minimum absolute atomic E-state index is 0.576. The Bertz CT molecular complexity index is 722. The van der Waals surface area contributed by atoms with Crippen molar-refractivity contribution in [2.45, 2.75) is 13.8 Å². The molecule has 0 radical (unpaired) electrons. The molecule has 0 fully saturated rings. The molecule has 0 aliphatic heterocycles. The molecule has 1 aliphatic rings. The highest BCUT2D eigenvalue weighted by molar-refractivity contribution is 9.10. The number of rotatable bonds is 5. The van der Waals surface area contributed by atoms with Crippen LogP contribution in [0.25, 0.3) is 22.3 Å². The topological polar surface area (TPSA) is 35.5 Å². The number of benzene rings is 2. The van der Waals surface area contributed by atoms with E-state index in [1.54, 1.807) is 6.07 Å². The first-order valence-electron chi connectivity index (χ1n) is 6.92. The van der Waals surface area contributed by atoms with Crippen molar-refractivity contribution >= 4 is 22.2 Å². The van der Waals surface area contributed by atoms with Gasteiger partial charge in [-0.05, 0) is 65.2 Å². The number of halogens is 1. The van der Waals surface area contributed by atoms with E-state index in [9.17, 15) is 4.79 Å². The molecule has 0 spiro atoms. The van der Waals surface area contributed by atoms with Crippen molar-refractivity contribution in [1.29, 1.82) is 0 Å². The summed E-state index contributed by atoms with van der Waals surface area (Å²) in [5, 5.41) is 0. The van der Waals surface area contributed by atoms with E-state index in [1.165, 1.54) is 0 Å². The van der Waals surface area contributed by atoms with Gasteiger partial charge in [0.15, 0.2) is 6.29 Å². The Morgan fingerprint density at radius 1 is 0.952 bits per heavy atom. The Morgan fingerprint density at radius 2 is 1.52 bits per heavy atom. The second-order valence-electron chi connectivity index (χ2n) is 4.75. The normalized spacial score (nSPS) is 11.2. The maximum Gasteiger partial charge on any atom is 0.150 e. The van der Waals surface area contributed by atoms with Gasteiger partial charge in [-0.3, -0.25) is 4.79 Å². The van der Waals surface area contributed by atoms with Crippen molar-refractivity contribution in [3.63, 3.8) is 0 Å². The van der Waals surface area contributed by atoms with Crippen molar-refractivity contribution in [2.24, 2.45) is 0 Å². The zero-order valence-corrected chi connectivity index (χ0v) is 13.5. The summed E-state index contributed by atoms with van der Waals surface area (Å²) in [5.74, 6) is 1.55. The van der Waals surface area contributed by atoms with Crippen molar-refractivity contribution in [3.05, 3.63) is 34.3 Å². The zero-order valence-electron chi connectivity index (χ0n) is 11.9. The molecule has 2 aromatic rings. The molecule has 2 aromatic carbocycles. The maximum absolute atomic E-state index is 11.4. The first-order chi connectivity index (χ1) is 10.2. The summed E-state index contributed by atoms with van der Waals surface area (Å²) >= 11 is 3.57. The lowest BCUT2D eigenvalue weighted by molar-refractivity contribution is 0.112. The summed E-state index contributed by atoms with van der Waals surface area (Å²) in [4.78, 5) is 11.4. The highest BCUT2D eigenvalue weighted by atomic mass is 79.9. The number of carbonyl (C=O) groups is 1. The van der Waals surface area contributed by atoms with Crippen molar-refractivity contribution in [2.75, 3.05) is 13.2 Å². The van der Waals surface area contributed by atoms with Gasteiger partial charge in [-0.2, -0.15) is 0 Å². The monoisotopic (exact) mass is 346 g/mol. The molecule has 0 saturated heterocycles.